The van der Waals surface area contributed by atoms with E-state index in [4.69, 9.17) is 9.47 Å². The molecule has 32 heavy (non-hydrogen) atoms. The Morgan fingerprint density at radius 3 is 2.25 bits per heavy atom. The Morgan fingerprint density at radius 2 is 1.62 bits per heavy atom. The second-order valence-electron chi connectivity index (χ2n) is 8.75. The molecule has 1 N–H and O–H groups in total. The number of unbranched alkanes of at least 4 members (excludes halogenated alkanes) is 5. The lowest BCUT2D eigenvalue weighted by Crippen LogP contribution is -2.25. The molecule has 1 aliphatic rings. The highest BCUT2D eigenvalue weighted by molar-refractivity contribution is 5.69. The van der Waals surface area contributed by atoms with Gasteiger partial charge in [-0.15, -0.1) is 0 Å². The Balaban J connectivity index is 2.78. The van der Waals surface area contributed by atoms with E-state index in [0.717, 1.165) is 51.4 Å². The zero-order chi connectivity index (χ0) is 23.9. The molecule has 0 aromatic heterocycles. The van der Waals surface area contributed by atoms with E-state index in [2.05, 4.69) is 11.7 Å². The summed E-state index contributed by atoms with van der Waals surface area (Å²) in [5.74, 6) is -0.990. The van der Waals surface area contributed by atoms with Crippen LogP contribution in [0.15, 0.2) is 12.2 Å². The zero-order valence-electron chi connectivity index (χ0n) is 20.2. The predicted octanol–water partition coefficient (Wildman–Crippen LogP) is 4.50. The van der Waals surface area contributed by atoms with Crippen LogP contribution in [0.2, 0.25) is 0 Å². The van der Waals surface area contributed by atoms with Gasteiger partial charge in [0.15, 0.2) is 0 Å². The molecule has 1 aliphatic carbocycles. The van der Waals surface area contributed by atoms with Crippen LogP contribution in [0, 0.1) is 11.8 Å². The molecule has 7 heteroatoms. The zero-order valence-corrected chi connectivity index (χ0v) is 20.2. The molecule has 1 rings (SSSR count). The van der Waals surface area contributed by atoms with Crippen LogP contribution in [0.4, 0.5) is 0 Å². The Kier molecular flexibility index (Phi) is 13.9. The highest BCUT2D eigenvalue weighted by Gasteiger charge is 2.45. The fourth-order valence-electron chi connectivity index (χ4n) is 4.48. The minimum Gasteiger partial charge on any atom is -0.469 e. The maximum Gasteiger partial charge on any atom is 0.305 e. The molecule has 5 unspecified atom stereocenters. The van der Waals surface area contributed by atoms with Crippen LogP contribution in [0.3, 0.4) is 0 Å². The van der Waals surface area contributed by atoms with Crippen LogP contribution in [0.25, 0.3) is 0 Å². The summed E-state index contributed by atoms with van der Waals surface area (Å²) in [6.45, 7) is 4.90. The highest BCUT2D eigenvalue weighted by Crippen LogP contribution is 2.41. The molecule has 184 valence electrons. The van der Waals surface area contributed by atoms with Gasteiger partial charge in [-0.25, -0.2) is 0 Å². The van der Waals surface area contributed by atoms with Gasteiger partial charge in [-0.05, 0) is 19.3 Å². The van der Waals surface area contributed by atoms with Crippen molar-refractivity contribution < 1.29 is 33.7 Å². The summed E-state index contributed by atoms with van der Waals surface area (Å²) in [5, 5.41) is 10.3. The van der Waals surface area contributed by atoms with Gasteiger partial charge in [-0.1, -0.05) is 57.6 Å². The molecule has 0 bridgehead atoms. The average molecular weight is 455 g/mol. The third-order valence-electron chi connectivity index (χ3n) is 6.06. The molecule has 1 saturated carbocycles. The van der Waals surface area contributed by atoms with Gasteiger partial charge in [-0.2, -0.15) is 0 Å². The lowest BCUT2D eigenvalue weighted by Gasteiger charge is -2.24. The third-order valence-corrected chi connectivity index (χ3v) is 6.06. The van der Waals surface area contributed by atoms with Gasteiger partial charge in [0.25, 0.3) is 0 Å². The summed E-state index contributed by atoms with van der Waals surface area (Å²) in [6, 6.07) is 0. The molecule has 0 aromatic rings. The van der Waals surface area contributed by atoms with Crippen LogP contribution in [0.5, 0.6) is 0 Å². The Labute approximate surface area is 192 Å². The van der Waals surface area contributed by atoms with Crippen molar-refractivity contribution in [1.29, 1.82) is 0 Å². The van der Waals surface area contributed by atoms with E-state index < -0.39 is 6.10 Å². The van der Waals surface area contributed by atoms with Gasteiger partial charge >= 0.3 is 17.9 Å². The van der Waals surface area contributed by atoms with Gasteiger partial charge in [0, 0.05) is 38.5 Å². The third kappa shape index (κ3) is 11.1. The van der Waals surface area contributed by atoms with Crippen molar-refractivity contribution in [3.63, 3.8) is 0 Å². The number of hydrogen-bond acceptors (Lipinski definition) is 7. The quantitative estimate of drug-likeness (QED) is 0.168. The van der Waals surface area contributed by atoms with E-state index in [1.54, 1.807) is 6.08 Å². The number of methoxy groups -OCH3 is 1. The fraction of sp³-hybridized carbons (Fsp3) is 0.800. The highest BCUT2D eigenvalue weighted by atomic mass is 16.6. The molecule has 5 atom stereocenters. The van der Waals surface area contributed by atoms with Crippen LogP contribution in [0.1, 0.15) is 91.4 Å². The summed E-state index contributed by atoms with van der Waals surface area (Å²) >= 11 is 0. The van der Waals surface area contributed by atoms with E-state index in [9.17, 15) is 19.5 Å². The molecular formula is C25H42O7. The molecule has 1 fully saturated rings. The molecule has 0 aromatic carbocycles. The van der Waals surface area contributed by atoms with Crippen LogP contribution < -0.4 is 0 Å². The van der Waals surface area contributed by atoms with Crippen molar-refractivity contribution in [2.24, 2.45) is 11.8 Å². The van der Waals surface area contributed by atoms with Crippen molar-refractivity contribution in [3.8, 4) is 0 Å². The van der Waals surface area contributed by atoms with Crippen molar-refractivity contribution in [2.45, 2.75) is 110 Å². The van der Waals surface area contributed by atoms with E-state index >= 15 is 0 Å². The molecule has 0 amide bonds. The first-order valence-corrected chi connectivity index (χ1v) is 12.1. The molecule has 7 nitrogen and oxygen atoms in total. The average Bonchev–Trinajstić information content (AvgIpc) is 3.03. The van der Waals surface area contributed by atoms with Crippen LogP contribution in [-0.2, 0) is 28.6 Å². The lowest BCUT2D eigenvalue weighted by molar-refractivity contribution is -0.149. The summed E-state index contributed by atoms with van der Waals surface area (Å²) in [7, 11) is 1.39. The summed E-state index contributed by atoms with van der Waals surface area (Å²) in [5.41, 5.74) is 0. The summed E-state index contributed by atoms with van der Waals surface area (Å²) in [6.07, 6.45) is 11.6. The van der Waals surface area contributed by atoms with Crippen molar-refractivity contribution in [3.05, 3.63) is 12.2 Å². The lowest BCUT2D eigenvalue weighted by atomic mass is 9.87. The Hall–Kier alpha value is -1.89. The van der Waals surface area contributed by atoms with Crippen molar-refractivity contribution >= 4 is 17.9 Å². The number of aliphatic hydroxyl groups excluding tert-OH is 1. The standard InChI is InChI=1S/C25H42O7/c1-5-6-9-12-20(28)15-16-22-21(13-10-7-8-11-14-25(29)30-4)23(31-18(2)26)17-24(22)32-19(3)27/h15-16,20-24,28H,5-14,17H2,1-4H3. The summed E-state index contributed by atoms with van der Waals surface area (Å²) in [4.78, 5) is 34.6. The van der Waals surface area contributed by atoms with E-state index in [0.29, 0.717) is 19.3 Å². The molecule has 0 saturated heterocycles. The van der Waals surface area contributed by atoms with E-state index in [1.807, 2.05) is 6.08 Å². The largest absolute Gasteiger partial charge is 0.469 e. The maximum absolute atomic E-state index is 11.7. The minimum absolute atomic E-state index is 0.0166. The number of rotatable bonds is 15. The number of carbonyl (C=O) groups is 3. The number of esters is 3. The topological polar surface area (TPSA) is 99.1 Å². The number of ether oxygens (including phenoxy) is 3. The number of hydrogen-bond donors (Lipinski definition) is 1. The molecule has 0 radical (unpaired) electrons. The van der Waals surface area contributed by atoms with Crippen molar-refractivity contribution in [1.82, 2.24) is 0 Å². The second-order valence-corrected chi connectivity index (χ2v) is 8.75. The number of aliphatic hydroxyl groups is 1. The Morgan fingerprint density at radius 1 is 0.969 bits per heavy atom. The van der Waals surface area contributed by atoms with Gasteiger partial charge in [-0.3, -0.25) is 14.4 Å². The van der Waals surface area contributed by atoms with Gasteiger partial charge < -0.3 is 19.3 Å². The second kappa shape index (κ2) is 15.8. The molecule has 0 heterocycles. The van der Waals surface area contributed by atoms with Crippen LogP contribution >= 0.6 is 0 Å². The minimum atomic E-state index is -0.536. The number of carbonyl (C=O) groups excluding carboxylic acids is 3. The van der Waals surface area contributed by atoms with Gasteiger partial charge in [0.2, 0.25) is 0 Å². The first-order chi connectivity index (χ1) is 15.3. The fourth-order valence-corrected chi connectivity index (χ4v) is 4.48. The van der Waals surface area contributed by atoms with E-state index in [1.165, 1.54) is 21.0 Å². The smallest absolute Gasteiger partial charge is 0.305 e. The molecule has 0 spiro atoms. The van der Waals surface area contributed by atoms with Gasteiger partial charge in [0.05, 0.1) is 13.2 Å². The normalized spacial score (nSPS) is 23.8. The monoisotopic (exact) mass is 454 g/mol. The first kappa shape index (κ1) is 28.1. The van der Waals surface area contributed by atoms with Crippen LogP contribution in [-0.4, -0.2) is 48.4 Å². The van der Waals surface area contributed by atoms with Gasteiger partial charge in [0.1, 0.15) is 12.2 Å². The first-order valence-electron chi connectivity index (χ1n) is 12.1. The maximum atomic E-state index is 11.7. The molecular weight excluding hydrogens is 412 g/mol. The Bertz CT molecular complexity index is 601. The predicted molar refractivity (Wildman–Crippen MR) is 122 cm³/mol. The van der Waals surface area contributed by atoms with E-state index in [-0.39, 0.29) is 42.0 Å². The van der Waals surface area contributed by atoms with Crippen molar-refractivity contribution in [2.75, 3.05) is 7.11 Å². The molecule has 0 aliphatic heterocycles. The SMILES string of the molecule is CCCCCC(O)C=CC1C(OC(C)=O)CC(OC(C)=O)C1CCCCCCC(=O)OC. The summed E-state index contributed by atoms with van der Waals surface area (Å²) < 4.78 is 15.8.